The van der Waals surface area contributed by atoms with Crippen LogP contribution in [0.25, 0.3) is 11.3 Å². The summed E-state index contributed by atoms with van der Waals surface area (Å²) in [5.41, 5.74) is 1.80. The van der Waals surface area contributed by atoms with Gasteiger partial charge in [0.15, 0.2) is 0 Å². The Labute approximate surface area is 112 Å². The zero-order valence-electron chi connectivity index (χ0n) is 11.1. The minimum Gasteiger partial charge on any atom is -0.294 e. The Morgan fingerprint density at radius 2 is 2.00 bits per heavy atom. The molecule has 0 aliphatic carbocycles. The maximum absolute atomic E-state index is 11.8. The Hall–Kier alpha value is -2.23. The number of amides is 1. The normalized spacial score (nSPS) is 11.9. The second-order valence-electron chi connectivity index (χ2n) is 4.43. The standard InChI is InChI=1S/C15H17N3O/c1-3-11(2)14(19)18-15-16-10-9-13(17-15)12-7-5-4-6-8-12/h4-11H,3H2,1-2H3,(H,16,17,18,19). The first kappa shape index (κ1) is 13.2. The molecule has 0 aliphatic rings. The molecule has 98 valence electrons. The van der Waals surface area contributed by atoms with Gasteiger partial charge in [-0.2, -0.15) is 0 Å². The van der Waals surface area contributed by atoms with E-state index < -0.39 is 0 Å². The molecule has 0 spiro atoms. The van der Waals surface area contributed by atoms with Crippen molar-refractivity contribution < 1.29 is 4.79 Å². The molecule has 0 fully saturated rings. The van der Waals surface area contributed by atoms with Crippen molar-refractivity contribution in [1.29, 1.82) is 0 Å². The highest BCUT2D eigenvalue weighted by atomic mass is 16.2. The number of aromatic nitrogens is 2. The van der Waals surface area contributed by atoms with Gasteiger partial charge in [-0.1, -0.05) is 44.2 Å². The summed E-state index contributed by atoms with van der Waals surface area (Å²) in [6.07, 6.45) is 2.45. The van der Waals surface area contributed by atoms with E-state index in [1.807, 2.05) is 50.2 Å². The summed E-state index contributed by atoms with van der Waals surface area (Å²) >= 11 is 0. The first-order chi connectivity index (χ1) is 9.20. The van der Waals surface area contributed by atoms with Gasteiger partial charge < -0.3 is 0 Å². The molecule has 1 heterocycles. The molecule has 1 aromatic heterocycles. The number of nitrogens with zero attached hydrogens (tertiary/aromatic N) is 2. The zero-order chi connectivity index (χ0) is 13.7. The molecular formula is C15H17N3O. The second-order valence-corrected chi connectivity index (χ2v) is 4.43. The summed E-state index contributed by atoms with van der Waals surface area (Å²) in [4.78, 5) is 20.2. The van der Waals surface area contributed by atoms with Gasteiger partial charge in [0, 0.05) is 17.7 Å². The maximum Gasteiger partial charge on any atom is 0.229 e. The lowest BCUT2D eigenvalue weighted by molar-refractivity contribution is -0.119. The van der Waals surface area contributed by atoms with Crippen molar-refractivity contribution in [2.45, 2.75) is 20.3 Å². The van der Waals surface area contributed by atoms with E-state index in [1.54, 1.807) is 6.20 Å². The predicted octanol–water partition coefficient (Wildman–Crippen LogP) is 3.13. The molecule has 0 radical (unpaired) electrons. The number of nitrogens with one attached hydrogen (secondary N) is 1. The molecule has 2 aromatic rings. The Morgan fingerprint density at radius 1 is 1.26 bits per heavy atom. The number of carbonyl (C=O) groups excluding carboxylic acids is 1. The van der Waals surface area contributed by atoms with E-state index in [0.717, 1.165) is 17.7 Å². The van der Waals surface area contributed by atoms with Gasteiger partial charge in [0.1, 0.15) is 0 Å². The van der Waals surface area contributed by atoms with Gasteiger partial charge in [0.25, 0.3) is 0 Å². The fourth-order valence-corrected chi connectivity index (χ4v) is 1.61. The lowest BCUT2D eigenvalue weighted by atomic mass is 10.1. The molecule has 19 heavy (non-hydrogen) atoms. The molecule has 1 unspecified atom stereocenters. The Balaban J connectivity index is 2.19. The molecule has 2 rings (SSSR count). The summed E-state index contributed by atoms with van der Waals surface area (Å²) in [6.45, 7) is 3.86. The molecule has 0 saturated heterocycles. The number of anilines is 1. The lowest BCUT2D eigenvalue weighted by Crippen LogP contribution is -2.21. The van der Waals surface area contributed by atoms with Crippen LogP contribution in [-0.4, -0.2) is 15.9 Å². The van der Waals surface area contributed by atoms with E-state index in [9.17, 15) is 4.79 Å². The number of hydrogen-bond acceptors (Lipinski definition) is 3. The predicted molar refractivity (Wildman–Crippen MR) is 75.6 cm³/mol. The van der Waals surface area contributed by atoms with Crippen molar-refractivity contribution in [2.24, 2.45) is 5.92 Å². The molecule has 1 amide bonds. The van der Waals surface area contributed by atoms with Gasteiger partial charge >= 0.3 is 0 Å². The van der Waals surface area contributed by atoms with Gasteiger partial charge in [-0.15, -0.1) is 0 Å². The second kappa shape index (κ2) is 6.09. The highest BCUT2D eigenvalue weighted by Gasteiger charge is 2.12. The Bertz CT molecular complexity index is 554. The van der Waals surface area contributed by atoms with Crippen LogP contribution in [0.5, 0.6) is 0 Å². The van der Waals surface area contributed by atoms with Crippen LogP contribution in [0.4, 0.5) is 5.95 Å². The fraction of sp³-hybridized carbons (Fsp3) is 0.267. The summed E-state index contributed by atoms with van der Waals surface area (Å²) < 4.78 is 0. The summed E-state index contributed by atoms with van der Waals surface area (Å²) in [5, 5.41) is 2.74. The summed E-state index contributed by atoms with van der Waals surface area (Å²) in [7, 11) is 0. The molecule has 1 N–H and O–H groups in total. The first-order valence-corrected chi connectivity index (χ1v) is 6.40. The zero-order valence-corrected chi connectivity index (χ0v) is 11.1. The number of rotatable bonds is 4. The van der Waals surface area contributed by atoms with Crippen molar-refractivity contribution >= 4 is 11.9 Å². The molecule has 4 heteroatoms. The Kier molecular flexibility index (Phi) is 4.23. The monoisotopic (exact) mass is 255 g/mol. The van der Waals surface area contributed by atoms with Crippen LogP contribution in [-0.2, 0) is 4.79 Å². The fourth-order valence-electron chi connectivity index (χ4n) is 1.61. The van der Waals surface area contributed by atoms with Crippen molar-refractivity contribution in [3.63, 3.8) is 0 Å². The van der Waals surface area contributed by atoms with Crippen LogP contribution in [0.3, 0.4) is 0 Å². The maximum atomic E-state index is 11.8. The molecule has 1 aromatic carbocycles. The molecule has 0 aliphatic heterocycles. The highest BCUT2D eigenvalue weighted by Crippen LogP contribution is 2.17. The van der Waals surface area contributed by atoms with Crippen LogP contribution in [0.1, 0.15) is 20.3 Å². The van der Waals surface area contributed by atoms with E-state index in [4.69, 9.17) is 0 Å². The van der Waals surface area contributed by atoms with Crippen molar-refractivity contribution in [2.75, 3.05) is 5.32 Å². The van der Waals surface area contributed by atoms with E-state index >= 15 is 0 Å². The van der Waals surface area contributed by atoms with Crippen LogP contribution in [0, 0.1) is 5.92 Å². The van der Waals surface area contributed by atoms with E-state index in [2.05, 4.69) is 15.3 Å². The minimum absolute atomic E-state index is 0.0380. The van der Waals surface area contributed by atoms with Crippen molar-refractivity contribution in [1.82, 2.24) is 9.97 Å². The molecular weight excluding hydrogens is 238 g/mol. The molecule has 4 nitrogen and oxygen atoms in total. The topological polar surface area (TPSA) is 54.9 Å². The van der Waals surface area contributed by atoms with Gasteiger partial charge in [0.2, 0.25) is 11.9 Å². The molecule has 0 saturated carbocycles. The van der Waals surface area contributed by atoms with Crippen LogP contribution < -0.4 is 5.32 Å². The van der Waals surface area contributed by atoms with E-state index in [1.165, 1.54) is 0 Å². The van der Waals surface area contributed by atoms with E-state index in [0.29, 0.717) is 5.95 Å². The number of benzene rings is 1. The van der Waals surface area contributed by atoms with Crippen molar-refractivity contribution in [3.05, 3.63) is 42.6 Å². The number of hydrogen-bond donors (Lipinski definition) is 1. The SMILES string of the molecule is CCC(C)C(=O)Nc1nccc(-c2ccccc2)n1. The minimum atomic E-state index is -0.0484. The van der Waals surface area contributed by atoms with Gasteiger partial charge in [-0.3, -0.25) is 10.1 Å². The van der Waals surface area contributed by atoms with Crippen LogP contribution in [0.15, 0.2) is 42.6 Å². The Morgan fingerprint density at radius 3 is 2.68 bits per heavy atom. The van der Waals surface area contributed by atoms with Gasteiger partial charge in [-0.05, 0) is 12.5 Å². The van der Waals surface area contributed by atoms with Crippen LogP contribution in [0.2, 0.25) is 0 Å². The molecule has 1 atom stereocenters. The summed E-state index contributed by atoms with van der Waals surface area (Å²) in [5.74, 6) is 0.267. The number of carbonyl (C=O) groups is 1. The average molecular weight is 255 g/mol. The van der Waals surface area contributed by atoms with E-state index in [-0.39, 0.29) is 11.8 Å². The first-order valence-electron chi connectivity index (χ1n) is 6.40. The highest BCUT2D eigenvalue weighted by molar-refractivity contribution is 5.90. The quantitative estimate of drug-likeness (QED) is 0.913. The summed E-state index contributed by atoms with van der Waals surface area (Å²) in [6, 6.07) is 11.6. The van der Waals surface area contributed by atoms with Crippen LogP contribution >= 0.6 is 0 Å². The largest absolute Gasteiger partial charge is 0.294 e. The third kappa shape index (κ3) is 3.37. The van der Waals surface area contributed by atoms with Gasteiger partial charge in [0.05, 0.1) is 5.69 Å². The van der Waals surface area contributed by atoms with Crippen molar-refractivity contribution in [3.8, 4) is 11.3 Å². The third-order valence-electron chi connectivity index (χ3n) is 3.02. The lowest BCUT2D eigenvalue weighted by Gasteiger charge is -2.09. The third-order valence-corrected chi connectivity index (χ3v) is 3.02. The van der Waals surface area contributed by atoms with Gasteiger partial charge in [-0.25, -0.2) is 9.97 Å². The smallest absolute Gasteiger partial charge is 0.229 e. The molecule has 0 bridgehead atoms. The average Bonchev–Trinajstić information content (AvgIpc) is 2.47.